The van der Waals surface area contributed by atoms with Gasteiger partial charge >= 0.3 is 10.1 Å². The van der Waals surface area contributed by atoms with Crippen LogP contribution in [0.1, 0.15) is 19.4 Å². The topological polar surface area (TPSA) is 104 Å². The number of thiazole rings is 2. The highest BCUT2D eigenvalue weighted by atomic mass is 32.2. The van der Waals surface area contributed by atoms with Crippen LogP contribution in [0.5, 0.6) is 0 Å². The molecule has 0 fully saturated rings. The first-order valence-corrected chi connectivity index (χ1v) is 12.4. The number of hydrogen-bond donors (Lipinski definition) is 1. The highest BCUT2D eigenvalue weighted by Gasteiger charge is 2.16. The Kier molecular flexibility index (Phi) is 5.64. The van der Waals surface area contributed by atoms with Crippen LogP contribution in [0.3, 0.4) is 0 Å². The number of nitrogens with two attached hydrogens (primary N) is 1. The molecule has 0 atom stereocenters. The summed E-state index contributed by atoms with van der Waals surface area (Å²) >= 11 is 2.97. The van der Waals surface area contributed by atoms with Crippen molar-refractivity contribution >= 4 is 53.2 Å². The normalized spacial score (nSPS) is 13.7. The smallest absolute Gasteiger partial charge is 0.312 e. The SMILES string of the molecule is CCn1/c(=N\N=c2\sc3cc(S(=O)(=O)ON)ccc3n2CC)sc2cc(C)ccc21. The lowest BCUT2D eigenvalue weighted by atomic mass is 10.2. The van der Waals surface area contributed by atoms with Gasteiger partial charge < -0.3 is 9.13 Å². The molecule has 0 saturated heterocycles. The molecule has 0 aliphatic heterocycles. The monoisotopic (exact) mass is 463 g/mol. The Balaban J connectivity index is 1.92. The maximum absolute atomic E-state index is 11.9. The van der Waals surface area contributed by atoms with Crippen LogP contribution >= 0.6 is 22.7 Å². The van der Waals surface area contributed by atoms with E-state index in [1.54, 1.807) is 23.5 Å². The summed E-state index contributed by atoms with van der Waals surface area (Å²) in [4.78, 5) is 1.51. The molecule has 30 heavy (non-hydrogen) atoms. The van der Waals surface area contributed by atoms with E-state index in [1.165, 1.54) is 27.7 Å². The summed E-state index contributed by atoms with van der Waals surface area (Å²) < 4.78 is 34.0. The molecule has 2 N–H and O–H groups in total. The average Bonchev–Trinajstić information content (AvgIpc) is 3.27. The Morgan fingerprint density at radius 2 is 1.47 bits per heavy atom. The van der Waals surface area contributed by atoms with Gasteiger partial charge in [-0.1, -0.05) is 28.7 Å². The first kappa shape index (κ1) is 20.9. The van der Waals surface area contributed by atoms with Crippen molar-refractivity contribution in [1.29, 1.82) is 0 Å². The zero-order valence-electron chi connectivity index (χ0n) is 16.7. The van der Waals surface area contributed by atoms with Crippen molar-refractivity contribution in [3.63, 3.8) is 0 Å². The maximum Gasteiger partial charge on any atom is 0.312 e. The Hall–Kier alpha value is -2.31. The van der Waals surface area contributed by atoms with E-state index in [4.69, 9.17) is 5.90 Å². The fraction of sp³-hybridized carbons (Fsp3) is 0.263. The molecule has 2 heterocycles. The first-order valence-electron chi connectivity index (χ1n) is 9.32. The van der Waals surface area contributed by atoms with Gasteiger partial charge in [-0.15, -0.1) is 10.2 Å². The second-order valence-corrected chi connectivity index (χ2v) is 10.2. The summed E-state index contributed by atoms with van der Waals surface area (Å²) in [5, 5.41) is 9.05. The number of aromatic nitrogens is 2. The third-order valence-electron chi connectivity index (χ3n) is 4.76. The zero-order valence-corrected chi connectivity index (χ0v) is 19.1. The third kappa shape index (κ3) is 3.63. The highest BCUT2D eigenvalue weighted by molar-refractivity contribution is 7.86. The molecular weight excluding hydrogens is 442 g/mol. The molecule has 8 nitrogen and oxygen atoms in total. The molecule has 2 aromatic heterocycles. The first-order chi connectivity index (χ1) is 14.4. The molecule has 158 valence electrons. The summed E-state index contributed by atoms with van der Waals surface area (Å²) in [7, 11) is -3.96. The van der Waals surface area contributed by atoms with Gasteiger partial charge in [0.05, 0.1) is 25.3 Å². The number of aryl methyl sites for hydroxylation is 3. The van der Waals surface area contributed by atoms with E-state index in [-0.39, 0.29) is 4.90 Å². The Bertz CT molecular complexity index is 1490. The fourth-order valence-corrected chi connectivity index (χ4v) is 6.21. The van der Waals surface area contributed by atoms with E-state index in [0.717, 1.165) is 27.1 Å². The minimum absolute atomic E-state index is 0.00851. The van der Waals surface area contributed by atoms with Crippen LogP contribution in [0.4, 0.5) is 0 Å². The van der Waals surface area contributed by atoms with Gasteiger partial charge in [0.25, 0.3) is 0 Å². The third-order valence-corrected chi connectivity index (χ3v) is 7.91. The molecule has 0 saturated carbocycles. The van der Waals surface area contributed by atoms with E-state index >= 15 is 0 Å². The number of hydrogen-bond acceptors (Lipinski definition) is 8. The highest BCUT2D eigenvalue weighted by Crippen LogP contribution is 2.23. The molecular formula is C19H21N5O3S3. The van der Waals surface area contributed by atoms with Crippen LogP contribution < -0.4 is 15.5 Å². The van der Waals surface area contributed by atoms with Crippen LogP contribution in [-0.4, -0.2) is 17.6 Å². The van der Waals surface area contributed by atoms with E-state index in [0.29, 0.717) is 11.3 Å². The van der Waals surface area contributed by atoms with Gasteiger partial charge in [-0.25, -0.2) is 0 Å². The molecule has 11 heteroatoms. The maximum atomic E-state index is 11.9. The fourth-order valence-electron chi connectivity index (χ4n) is 3.29. The summed E-state index contributed by atoms with van der Waals surface area (Å²) in [6.45, 7) is 7.62. The molecule has 4 rings (SSSR count). The van der Waals surface area contributed by atoms with Gasteiger partial charge in [0.2, 0.25) is 9.60 Å². The molecule has 0 aliphatic rings. The molecule has 0 unspecified atom stereocenters. The lowest BCUT2D eigenvalue weighted by Gasteiger charge is -2.02. The quantitative estimate of drug-likeness (QED) is 0.459. The standard InChI is InChI=1S/C19H21N5O3S3/c1-4-23-14-8-6-12(3)10-16(14)28-18(23)21-22-19-24(5-2)15-9-7-13(11-17(15)29-19)30(25,26)27-20/h6-11H,4-5,20H2,1-3H3/b21-18+,22-19+. The van der Waals surface area contributed by atoms with Gasteiger partial charge in [0, 0.05) is 13.1 Å². The van der Waals surface area contributed by atoms with Crippen molar-refractivity contribution in [3.8, 4) is 0 Å². The van der Waals surface area contributed by atoms with Crippen LogP contribution in [0.25, 0.3) is 20.4 Å². The van der Waals surface area contributed by atoms with Crippen molar-refractivity contribution in [3.05, 3.63) is 51.6 Å². The van der Waals surface area contributed by atoms with Gasteiger partial charge in [-0.3, -0.25) is 0 Å². The second kappa shape index (κ2) is 8.08. The number of benzene rings is 2. The van der Waals surface area contributed by atoms with Crippen molar-refractivity contribution in [1.82, 2.24) is 9.13 Å². The minimum atomic E-state index is -3.96. The predicted molar refractivity (Wildman–Crippen MR) is 119 cm³/mol. The Labute approximate surface area is 181 Å². The van der Waals surface area contributed by atoms with E-state index in [9.17, 15) is 8.42 Å². The average molecular weight is 464 g/mol. The molecule has 0 amide bonds. The number of nitrogens with zero attached hydrogens (tertiary/aromatic N) is 4. The molecule has 4 aromatic rings. The van der Waals surface area contributed by atoms with E-state index < -0.39 is 10.1 Å². The number of fused-ring (bicyclic) bond motifs is 2. The lowest BCUT2D eigenvalue weighted by Crippen LogP contribution is -2.16. The molecule has 0 spiro atoms. The summed E-state index contributed by atoms with van der Waals surface area (Å²) in [5.74, 6) is 4.90. The molecule has 0 bridgehead atoms. The molecule has 0 aliphatic carbocycles. The predicted octanol–water partition coefficient (Wildman–Crippen LogP) is 3.06. The van der Waals surface area contributed by atoms with Gasteiger partial charge in [0.15, 0.2) is 0 Å². The van der Waals surface area contributed by atoms with E-state index in [2.05, 4.69) is 51.1 Å². The summed E-state index contributed by atoms with van der Waals surface area (Å²) in [6, 6.07) is 11.1. The van der Waals surface area contributed by atoms with Crippen molar-refractivity contribution in [2.75, 3.05) is 0 Å². The van der Waals surface area contributed by atoms with Crippen LogP contribution in [0, 0.1) is 6.92 Å². The van der Waals surface area contributed by atoms with Crippen molar-refractivity contribution in [2.24, 2.45) is 16.1 Å². The van der Waals surface area contributed by atoms with Crippen molar-refractivity contribution < 1.29 is 12.7 Å². The van der Waals surface area contributed by atoms with Gasteiger partial charge in [0.1, 0.15) is 0 Å². The zero-order chi connectivity index (χ0) is 21.5. The summed E-state index contributed by atoms with van der Waals surface area (Å²) in [6.07, 6.45) is 0. The van der Waals surface area contributed by atoms with Crippen molar-refractivity contribution in [2.45, 2.75) is 38.8 Å². The largest absolute Gasteiger partial charge is 0.315 e. The molecule has 2 aromatic carbocycles. The van der Waals surface area contributed by atoms with Crippen LogP contribution in [-0.2, 0) is 27.5 Å². The Morgan fingerprint density at radius 1 is 0.933 bits per heavy atom. The van der Waals surface area contributed by atoms with Gasteiger partial charge in [-0.2, -0.15) is 18.6 Å². The summed E-state index contributed by atoms with van der Waals surface area (Å²) in [5.41, 5.74) is 3.22. The molecule has 0 radical (unpaired) electrons. The van der Waals surface area contributed by atoms with Crippen LogP contribution in [0.15, 0.2) is 51.5 Å². The van der Waals surface area contributed by atoms with E-state index in [1.807, 2.05) is 11.5 Å². The second-order valence-electron chi connectivity index (χ2n) is 6.61. The lowest BCUT2D eigenvalue weighted by molar-refractivity contribution is 0.333. The van der Waals surface area contributed by atoms with Gasteiger partial charge in [-0.05, 0) is 56.7 Å². The van der Waals surface area contributed by atoms with Crippen LogP contribution in [0.2, 0.25) is 0 Å². The minimum Gasteiger partial charge on any atom is -0.315 e. The Morgan fingerprint density at radius 3 is 2.00 bits per heavy atom. The number of rotatable bonds is 5.